The highest BCUT2D eigenvalue weighted by atomic mass is 32.2. The summed E-state index contributed by atoms with van der Waals surface area (Å²) in [6, 6.07) is 12.8. The van der Waals surface area contributed by atoms with E-state index >= 15 is 0 Å². The molecule has 0 spiro atoms. The third-order valence-electron chi connectivity index (χ3n) is 4.87. The highest BCUT2D eigenvalue weighted by molar-refractivity contribution is 8.00. The molecule has 1 amide bonds. The van der Waals surface area contributed by atoms with E-state index in [1.54, 1.807) is 24.3 Å². The Morgan fingerprint density at radius 2 is 1.76 bits per heavy atom. The number of benzene rings is 2. The molecule has 6 nitrogen and oxygen atoms in total. The largest absolute Gasteiger partial charge is 0.379 e. The Bertz CT molecular complexity index is 953. The summed E-state index contributed by atoms with van der Waals surface area (Å²) in [4.78, 5) is 13.5. The van der Waals surface area contributed by atoms with Crippen LogP contribution in [0.5, 0.6) is 0 Å². The molecule has 0 unspecified atom stereocenters. The number of hydrogen-bond acceptors (Lipinski definition) is 5. The van der Waals surface area contributed by atoms with Gasteiger partial charge in [-0.05, 0) is 54.8 Å². The van der Waals surface area contributed by atoms with Crippen LogP contribution < -0.4 is 5.32 Å². The number of sulfonamides is 1. The lowest BCUT2D eigenvalue weighted by atomic mass is 10.1. The van der Waals surface area contributed by atoms with Crippen molar-refractivity contribution in [2.45, 2.75) is 30.2 Å². The maximum Gasteiger partial charge on any atom is 0.243 e. The Balaban J connectivity index is 1.50. The van der Waals surface area contributed by atoms with Crippen LogP contribution in [0, 0.1) is 13.8 Å². The van der Waals surface area contributed by atoms with Gasteiger partial charge in [0.05, 0.1) is 23.9 Å². The molecule has 3 rings (SSSR count). The van der Waals surface area contributed by atoms with Crippen LogP contribution in [0.4, 0.5) is 0 Å². The first-order valence-corrected chi connectivity index (χ1v) is 11.9. The molecule has 1 aliphatic rings. The Hall–Kier alpha value is -1.87. The first-order chi connectivity index (χ1) is 13.9. The number of nitrogens with zero attached hydrogens (tertiary/aromatic N) is 1. The summed E-state index contributed by atoms with van der Waals surface area (Å²) in [5.41, 5.74) is 3.30. The predicted molar refractivity (Wildman–Crippen MR) is 115 cm³/mol. The van der Waals surface area contributed by atoms with Crippen molar-refractivity contribution in [3.8, 4) is 0 Å². The molecule has 0 aromatic heterocycles. The van der Waals surface area contributed by atoms with Crippen molar-refractivity contribution in [1.82, 2.24) is 9.62 Å². The van der Waals surface area contributed by atoms with Crippen molar-refractivity contribution in [3.63, 3.8) is 0 Å². The van der Waals surface area contributed by atoms with Gasteiger partial charge in [0.15, 0.2) is 0 Å². The van der Waals surface area contributed by atoms with Gasteiger partial charge in [0.1, 0.15) is 0 Å². The third kappa shape index (κ3) is 5.82. The van der Waals surface area contributed by atoms with Crippen LogP contribution in [0.1, 0.15) is 16.7 Å². The summed E-state index contributed by atoms with van der Waals surface area (Å²) in [5, 5.41) is 2.88. The molecular formula is C21H26N2O4S2. The maximum atomic E-state index is 12.6. The predicted octanol–water partition coefficient (Wildman–Crippen LogP) is 2.73. The number of carbonyl (C=O) groups excluding carboxylic acids is 1. The second-order valence-corrected chi connectivity index (χ2v) is 9.96. The minimum atomic E-state index is -3.49. The Morgan fingerprint density at radius 1 is 1.07 bits per heavy atom. The molecule has 2 aromatic carbocycles. The number of hydrogen-bond donors (Lipinski definition) is 1. The fourth-order valence-corrected chi connectivity index (χ4v) is 5.15. The highest BCUT2D eigenvalue weighted by Gasteiger charge is 2.26. The topological polar surface area (TPSA) is 75.7 Å². The molecule has 8 heteroatoms. The molecule has 0 saturated carbocycles. The first-order valence-electron chi connectivity index (χ1n) is 9.50. The van der Waals surface area contributed by atoms with Crippen LogP contribution >= 0.6 is 11.8 Å². The molecule has 1 fully saturated rings. The number of nitrogens with one attached hydrogen (secondary N) is 1. The molecule has 0 aliphatic carbocycles. The summed E-state index contributed by atoms with van der Waals surface area (Å²) in [5.74, 6) is 0.282. The zero-order chi connectivity index (χ0) is 20.9. The van der Waals surface area contributed by atoms with E-state index in [-0.39, 0.29) is 10.8 Å². The van der Waals surface area contributed by atoms with Crippen LogP contribution in [0.25, 0.3) is 0 Å². The van der Waals surface area contributed by atoms with Crippen molar-refractivity contribution in [2.75, 3.05) is 32.1 Å². The summed E-state index contributed by atoms with van der Waals surface area (Å²) < 4.78 is 31.9. The van der Waals surface area contributed by atoms with Gasteiger partial charge in [0.25, 0.3) is 0 Å². The highest BCUT2D eigenvalue weighted by Crippen LogP contribution is 2.21. The molecule has 2 aromatic rings. The van der Waals surface area contributed by atoms with Gasteiger partial charge < -0.3 is 10.1 Å². The van der Waals surface area contributed by atoms with E-state index in [0.717, 1.165) is 10.5 Å². The fraction of sp³-hybridized carbons (Fsp3) is 0.381. The quantitative estimate of drug-likeness (QED) is 0.678. The van der Waals surface area contributed by atoms with Crippen LogP contribution in [0.3, 0.4) is 0 Å². The van der Waals surface area contributed by atoms with Crippen LogP contribution in [0.2, 0.25) is 0 Å². The summed E-state index contributed by atoms with van der Waals surface area (Å²) in [6.07, 6.45) is 0. The molecule has 156 valence electrons. The number of thioether (sulfide) groups is 1. The smallest absolute Gasteiger partial charge is 0.243 e. The number of aryl methyl sites for hydroxylation is 2. The minimum Gasteiger partial charge on any atom is -0.379 e. The van der Waals surface area contributed by atoms with Gasteiger partial charge in [0.2, 0.25) is 15.9 Å². The Labute approximate surface area is 176 Å². The first kappa shape index (κ1) is 21.8. The van der Waals surface area contributed by atoms with E-state index in [4.69, 9.17) is 4.74 Å². The number of morpholine rings is 1. The molecule has 0 bridgehead atoms. The number of carbonyl (C=O) groups is 1. The lowest BCUT2D eigenvalue weighted by Crippen LogP contribution is -2.40. The Kier molecular flexibility index (Phi) is 7.34. The standard InChI is InChI=1S/C21H26N2O4S2/c1-16-3-6-19(13-17(16)2)28-15-21(24)22-14-18-4-7-20(8-5-18)29(25,26)23-9-11-27-12-10-23/h3-8,13H,9-12,14-15H2,1-2H3,(H,22,24). The lowest BCUT2D eigenvalue weighted by Gasteiger charge is -2.26. The molecule has 0 radical (unpaired) electrons. The SMILES string of the molecule is Cc1ccc(SCC(=O)NCc2ccc(S(=O)(=O)N3CCOCC3)cc2)cc1C. The zero-order valence-electron chi connectivity index (χ0n) is 16.7. The van der Waals surface area contributed by atoms with E-state index in [0.29, 0.717) is 38.6 Å². The number of rotatable bonds is 7. The van der Waals surface area contributed by atoms with Gasteiger partial charge in [0, 0.05) is 24.5 Å². The van der Waals surface area contributed by atoms with E-state index in [1.807, 2.05) is 6.07 Å². The molecular weight excluding hydrogens is 408 g/mol. The average Bonchev–Trinajstić information content (AvgIpc) is 2.74. The van der Waals surface area contributed by atoms with Gasteiger partial charge in [-0.25, -0.2) is 8.42 Å². The second kappa shape index (κ2) is 9.75. The second-order valence-electron chi connectivity index (χ2n) is 6.97. The van der Waals surface area contributed by atoms with Gasteiger partial charge in [-0.15, -0.1) is 11.8 Å². The zero-order valence-corrected chi connectivity index (χ0v) is 18.3. The summed E-state index contributed by atoms with van der Waals surface area (Å²) in [7, 11) is -3.49. The molecule has 1 N–H and O–H groups in total. The average molecular weight is 435 g/mol. The summed E-state index contributed by atoms with van der Waals surface area (Å²) in [6.45, 7) is 6.07. The Morgan fingerprint density at radius 3 is 2.41 bits per heavy atom. The van der Waals surface area contributed by atoms with Crippen molar-refractivity contribution in [2.24, 2.45) is 0 Å². The van der Waals surface area contributed by atoms with Crippen molar-refractivity contribution in [1.29, 1.82) is 0 Å². The van der Waals surface area contributed by atoms with Gasteiger partial charge in [-0.2, -0.15) is 4.31 Å². The molecule has 1 heterocycles. The van der Waals surface area contributed by atoms with E-state index < -0.39 is 10.0 Å². The minimum absolute atomic E-state index is 0.0572. The van der Waals surface area contributed by atoms with Crippen LogP contribution in [-0.2, 0) is 26.1 Å². The summed E-state index contributed by atoms with van der Waals surface area (Å²) >= 11 is 1.50. The van der Waals surface area contributed by atoms with E-state index in [1.165, 1.54) is 27.2 Å². The molecule has 1 aliphatic heterocycles. The molecule has 0 atom stereocenters. The molecule has 29 heavy (non-hydrogen) atoms. The monoisotopic (exact) mass is 434 g/mol. The van der Waals surface area contributed by atoms with Crippen LogP contribution in [-0.4, -0.2) is 50.7 Å². The third-order valence-corrected chi connectivity index (χ3v) is 7.78. The number of ether oxygens (including phenoxy) is 1. The van der Waals surface area contributed by atoms with Crippen LogP contribution in [0.15, 0.2) is 52.3 Å². The lowest BCUT2D eigenvalue weighted by molar-refractivity contribution is -0.118. The van der Waals surface area contributed by atoms with Gasteiger partial charge >= 0.3 is 0 Å². The maximum absolute atomic E-state index is 12.6. The fourth-order valence-electron chi connectivity index (χ4n) is 2.92. The van der Waals surface area contributed by atoms with Gasteiger partial charge in [-0.1, -0.05) is 18.2 Å². The van der Waals surface area contributed by atoms with Crippen molar-refractivity contribution in [3.05, 3.63) is 59.2 Å². The normalized spacial score (nSPS) is 15.2. The van der Waals surface area contributed by atoms with Crippen molar-refractivity contribution < 1.29 is 17.9 Å². The van der Waals surface area contributed by atoms with E-state index in [2.05, 4.69) is 31.3 Å². The van der Waals surface area contributed by atoms with Crippen molar-refractivity contribution >= 4 is 27.7 Å². The molecule has 1 saturated heterocycles. The van der Waals surface area contributed by atoms with Gasteiger partial charge in [-0.3, -0.25) is 4.79 Å². The van der Waals surface area contributed by atoms with E-state index in [9.17, 15) is 13.2 Å². The number of amides is 1.